The van der Waals surface area contributed by atoms with E-state index in [0.29, 0.717) is 6.54 Å². The van der Waals surface area contributed by atoms with Crippen molar-refractivity contribution in [1.29, 1.82) is 0 Å². The lowest BCUT2D eigenvalue weighted by molar-refractivity contribution is -0.167. The molecule has 0 bridgehead atoms. The van der Waals surface area contributed by atoms with Gasteiger partial charge < -0.3 is 5.32 Å². The fourth-order valence-corrected chi connectivity index (χ4v) is 0.364. The van der Waals surface area contributed by atoms with E-state index < -0.39 is 0 Å². The fraction of sp³-hybridized carbons (Fsp3) is 0.800. The van der Waals surface area contributed by atoms with Gasteiger partial charge in [0.15, 0.2) is 0 Å². The Morgan fingerprint density at radius 3 is 2.67 bits per heavy atom. The van der Waals surface area contributed by atoms with E-state index in [4.69, 9.17) is 0 Å². The lowest BCUT2D eigenvalue weighted by Crippen LogP contribution is -2.33. The van der Waals surface area contributed by atoms with Crippen LogP contribution in [0.1, 0.15) is 0 Å². The van der Waals surface area contributed by atoms with Crippen molar-refractivity contribution < 1.29 is 9.63 Å². The number of hydroxylamine groups is 2. The average molecular weight is 132 g/mol. The molecule has 0 unspecified atom stereocenters. The average Bonchev–Trinajstić information content (AvgIpc) is 1.87. The fourth-order valence-electron chi connectivity index (χ4n) is 0.364. The number of nitrogens with one attached hydrogen (secondary N) is 1. The summed E-state index contributed by atoms with van der Waals surface area (Å²) in [6.07, 6.45) is 0. The molecular weight excluding hydrogens is 120 g/mol. The molecule has 0 radical (unpaired) electrons. The van der Waals surface area contributed by atoms with Crippen molar-refractivity contribution in [2.24, 2.45) is 0 Å². The van der Waals surface area contributed by atoms with Crippen LogP contribution in [0.25, 0.3) is 0 Å². The highest BCUT2D eigenvalue weighted by Crippen LogP contribution is 1.80. The Kier molecular flexibility index (Phi) is 4.00. The minimum Gasteiger partial charge on any atom is -0.311 e. The molecule has 0 heterocycles. The van der Waals surface area contributed by atoms with Crippen LogP contribution in [0, 0.1) is 0 Å². The van der Waals surface area contributed by atoms with Gasteiger partial charge in [0.05, 0.1) is 13.7 Å². The Hall–Kier alpha value is -0.610. The number of nitrogens with zero attached hydrogens (tertiary/aromatic N) is 1. The standard InChI is InChI=1S/C5H12N2O2/c1-6-4-5(8)7(2)9-3/h6H,4H2,1-3H3. The number of likely N-dealkylation sites (N-methyl/N-ethyl adjacent to an activating group) is 2. The minimum absolute atomic E-state index is 0.0833. The summed E-state index contributed by atoms with van der Waals surface area (Å²) in [5.41, 5.74) is 0. The van der Waals surface area contributed by atoms with Crippen LogP contribution in [0.5, 0.6) is 0 Å². The Morgan fingerprint density at radius 2 is 2.33 bits per heavy atom. The van der Waals surface area contributed by atoms with Gasteiger partial charge in [-0.1, -0.05) is 0 Å². The van der Waals surface area contributed by atoms with Crippen molar-refractivity contribution in [3.8, 4) is 0 Å². The van der Waals surface area contributed by atoms with Crippen molar-refractivity contribution in [1.82, 2.24) is 10.4 Å². The number of amides is 1. The van der Waals surface area contributed by atoms with Gasteiger partial charge in [0.25, 0.3) is 5.91 Å². The summed E-state index contributed by atoms with van der Waals surface area (Å²) in [6, 6.07) is 0. The molecule has 0 aromatic rings. The molecular formula is C5H12N2O2. The van der Waals surface area contributed by atoms with Crippen LogP contribution in [0.2, 0.25) is 0 Å². The topological polar surface area (TPSA) is 41.6 Å². The zero-order valence-electron chi connectivity index (χ0n) is 5.97. The first-order valence-corrected chi connectivity index (χ1v) is 2.67. The van der Waals surface area contributed by atoms with Crippen LogP contribution in [0.4, 0.5) is 0 Å². The van der Waals surface area contributed by atoms with Crippen LogP contribution in [-0.4, -0.2) is 38.7 Å². The number of hydrogen-bond donors (Lipinski definition) is 1. The second-order valence-electron chi connectivity index (χ2n) is 1.60. The molecule has 0 aromatic heterocycles. The monoisotopic (exact) mass is 132 g/mol. The van der Waals surface area contributed by atoms with Crippen molar-refractivity contribution >= 4 is 5.91 Å². The Morgan fingerprint density at radius 1 is 1.78 bits per heavy atom. The highest BCUT2D eigenvalue weighted by Gasteiger charge is 2.03. The van der Waals surface area contributed by atoms with Crippen molar-refractivity contribution in [3.63, 3.8) is 0 Å². The Labute approximate surface area is 54.7 Å². The smallest absolute Gasteiger partial charge is 0.259 e. The predicted molar refractivity (Wildman–Crippen MR) is 33.7 cm³/mol. The van der Waals surface area contributed by atoms with Crippen LogP contribution < -0.4 is 5.32 Å². The van der Waals surface area contributed by atoms with E-state index in [1.807, 2.05) is 0 Å². The van der Waals surface area contributed by atoms with E-state index in [1.165, 1.54) is 12.2 Å². The zero-order chi connectivity index (χ0) is 7.28. The highest BCUT2D eigenvalue weighted by atomic mass is 16.7. The van der Waals surface area contributed by atoms with Crippen molar-refractivity contribution in [2.45, 2.75) is 0 Å². The lowest BCUT2D eigenvalue weighted by Gasteiger charge is -2.12. The quantitative estimate of drug-likeness (QED) is 0.512. The van der Waals surface area contributed by atoms with Crippen molar-refractivity contribution in [2.75, 3.05) is 27.7 Å². The van der Waals surface area contributed by atoms with Crippen LogP contribution in [0.3, 0.4) is 0 Å². The maximum Gasteiger partial charge on any atom is 0.259 e. The molecule has 0 aromatic carbocycles. The van der Waals surface area contributed by atoms with Gasteiger partial charge in [-0.05, 0) is 7.05 Å². The largest absolute Gasteiger partial charge is 0.311 e. The third kappa shape index (κ3) is 3.05. The Balaban J connectivity index is 3.46. The summed E-state index contributed by atoms with van der Waals surface area (Å²) in [6.45, 7) is 0.310. The molecule has 0 aliphatic rings. The first kappa shape index (κ1) is 8.39. The van der Waals surface area contributed by atoms with Crippen molar-refractivity contribution in [3.05, 3.63) is 0 Å². The third-order valence-electron chi connectivity index (χ3n) is 0.953. The van der Waals surface area contributed by atoms with E-state index in [9.17, 15) is 4.79 Å². The number of rotatable bonds is 3. The molecule has 0 saturated heterocycles. The Bertz CT molecular complexity index is 95.0. The molecule has 1 amide bonds. The molecule has 1 N–H and O–H groups in total. The lowest BCUT2D eigenvalue weighted by atomic mass is 10.6. The molecule has 9 heavy (non-hydrogen) atoms. The highest BCUT2D eigenvalue weighted by molar-refractivity contribution is 5.76. The minimum atomic E-state index is -0.0833. The summed E-state index contributed by atoms with van der Waals surface area (Å²) in [4.78, 5) is 15.3. The van der Waals surface area contributed by atoms with E-state index in [-0.39, 0.29) is 5.91 Å². The molecule has 0 spiro atoms. The molecule has 4 nitrogen and oxygen atoms in total. The summed E-state index contributed by atoms with van der Waals surface area (Å²) in [5.74, 6) is -0.0833. The van der Waals surface area contributed by atoms with Gasteiger partial charge in [0.2, 0.25) is 0 Å². The number of hydrogen-bond acceptors (Lipinski definition) is 3. The molecule has 0 aliphatic carbocycles. The third-order valence-corrected chi connectivity index (χ3v) is 0.953. The van der Waals surface area contributed by atoms with Gasteiger partial charge >= 0.3 is 0 Å². The predicted octanol–water partition coefficient (Wildman–Crippen LogP) is -0.774. The van der Waals surface area contributed by atoms with Gasteiger partial charge in [-0.15, -0.1) is 0 Å². The summed E-state index contributed by atoms with van der Waals surface area (Å²) >= 11 is 0. The second-order valence-corrected chi connectivity index (χ2v) is 1.60. The van der Waals surface area contributed by atoms with Gasteiger partial charge in [0.1, 0.15) is 0 Å². The van der Waals surface area contributed by atoms with Crippen LogP contribution in [0.15, 0.2) is 0 Å². The molecule has 4 heteroatoms. The molecule has 0 aliphatic heterocycles. The molecule has 0 saturated carbocycles. The zero-order valence-corrected chi connectivity index (χ0v) is 5.97. The SMILES string of the molecule is CNCC(=O)N(C)OC. The number of carbonyl (C=O) groups excluding carboxylic acids is 1. The van der Waals surface area contributed by atoms with E-state index >= 15 is 0 Å². The first-order chi connectivity index (χ1) is 4.22. The van der Waals surface area contributed by atoms with E-state index in [1.54, 1.807) is 14.1 Å². The molecule has 0 fully saturated rings. The summed E-state index contributed by atoms with van der Waals surface area (Å²) in [7, 11) is 4.73. The van der Waals surface area contributed by atoms with Crippen LogP contribution >= 0.6 is 0 Å². The molecule has 0 rings (SSSR count). The van der Waals surface area contributed by atoms with Gasteiger partial charge in [-0.3, -0.25) is 9.63 Å². The maximum atomic E-state index is 10.7. The normalized spacial score (nSPS) is 9.22. The number of carbonyl (C=O) groups is 1. The second kappa shape index (κ2) is 4.29. The summed E-state index contributed by atoms with van der Waals surface area (Å²) < 4.78 is 0. The van der Waals surface area contributed by atoms with Gasteiger partial charge in [-0.25, -0.2) is 5.06 Å². The van der Waals surface area contributed by atoms with E-state index in [0.717, 1.165) is 0 Å². The van der Waals surface area contributed by atoms with Crippen LogP contribution in [-0.2, 0) is 9.63 Å². The maximum absolute atomic E-state index is 10.7. The first-order valence-electron chi connectivity index (χ1n) is 2.67. The summed E-state index contributed by atoms with van der Waals surface area (Å²) in [5, 5.41) is 3.89. The van der Waals surface area contributed by atoms with Gasteiger partial charge in [0, 0.05) is 7.05 Å². The molecule has 0 atom stereocenters. The van der Waals surface area contributed by atoms with Gasteiger partial charge in [-0.2, -0.15) is 0 Å². The molecule has 54 valence electrons. The van der Waals surface area contributed by atoms with E-state index in [2.05, 4.69) is 10.2 Å².